The van der Waals surface area contributed by atoms with Crippen LogP contribution in [-0.4, -0.2) is 69.5 Å². The second kappa shape index (κ2) is 9.19. The number of oxime groups is 1. The fraction of sp³-hybridized carbons (Fsp3) is 0.600. The van der Waals surface area contributed by atoms with Crippen molar-refractivity contribution in [2.24, 2.45) is 10.9 Å². The molecular weight excluding hydrogens is 342 g/mol. The number of hydrogen-bond donors (Lipinski definition) is 2. The Morgan fingerprint density at radius 2 is 2.15 bits per heavy atom. The molecule has 27 heavy (non-hydrogen) atoms. The minimum Gasteiger partial charge on any atom is -0.390 e. The third-order valence-electron chi connectivity index (χ3n) is 5.29. The Morgan fingerprint density at radius 3 is 2.81 bits per heavy atom. The summed E-state index contributed by atoms with van der Waals surface area (Å²) >= 11 is 0. The van der Waals surface area contributed by atoms with Crippen molar-refractivity contribution in [1.82, 2.24) is 4.90 Å². The van der Waals surface area contributed by atoms with Crippen molar-refractivity contribution in [1.29, 1.82) is 5.41 Å². The van der Waals surface area contributed by atoms with E-state index in [0.29, 0.717) is 25.4 Å². The number of nitrogens with two attached hydrogens (primary N) is 1. The average molecular weight is 374 g/mol. The summed E-state index contributed by atoms with van der Waals surface area (Å²) in [6.07, 6.45) is 4.25. The number of ether oxygens (including phenoxy) is 1. The number of hydrogen-bond acceptors (Lipinski definition) is 6. The lowest BCUT2D eigenvalue weighted by Crippen LogP contribution is -2.35. The Labute approximate surface area is 161 Å². The number of likely N-dealkylation sites (tertiary alicyclic amines) is 1. The molecule has 1 aromatic carbocycles. The highest BCUT2D eigenvalue weighted by atomic mass is 16.6. The van der Waals surface area contributed by atoms with Gasteiger partial charge in [0.2, 0.25) is 0 Å². The molecule has 1 atom stereocenters. The number of likely N-dealkylation sites (N-methyl/N-ethyl adjacent to an activating group) is 1. The summed E-state index contributed by atoms with van der Waals surface area (Å²) in [6.45, 7) is 3.79. The van der Waals surface area contributed by atoms with Crippen molar-refractivity contribution in [3.63, 3.8) is 0 Å². The molecule has 1 fully saturated rings. The molecule has 3 rings (SSSR count). The van der Waals surface area contributed by atoms with Crippen LogP contribution in [0.1, 0.15) is 36.8 Å². The van der Waals surface area contributed by atoms with Crippen molar-refractivity contribution < 1.29 is 9.57 Å². The molecule has 1 aromatic rings. The highest BCUT2D eigenvalue weighted by Crippen LogP contribution is 2.27. The third kappa shape index (κ3) is 4.59. The van der Waals surface area contributed by atoms with Crippen LogP contribution in [0.25, 0.3) is 0 Å². The lowest BCUT2D eigenvalue weighted by Gasteiger charge is -2.30. The van der Waals surface area contributed by atoms with Crippen LogP contribution in [0.2, 0.25) is 0 Å². The number of methoxy groups -OCH3 is 1. The second-order valence-corrected chi connectivity index (χ2v) is 7.25. The minimum absolute atomic E-state index is 0.0524. The number of benzene rings is 1. The summed E-state index contributed by atoms with van der Waals surface area (Å²) in [5.41, 5.74) is 9.67. The maximum absolute atomic E-state index is 8.65. The average Bonchev–Trinajstić information content (AvgIpc) is 3.20. The quantitative estimate of drug-likeness (QED) is 0.564. The SMILES string of the molecule is COCCN(C)c1cc(C(=N)N2CCCCC2)ccc1C1=NOC(CN)C1. The van der Waals surface area contributed by atoms with E-state index in [4.69, 9.17) is 20.7 Å². The first-order valence-corrected chi connectivity index (χ1v) is 9.75. The van der Waals surface area contributed by atoms with Crippen LogP contribution < -0.4 is 10.6 Å². The predicted octanol–water partition coefficient (Wildman–Crippen LogP) is 2.03. The zero-order chi connectivity index (χ0) is 19.2. The van der Waals surface area contributed by atoms with E-state index in [1.165, 1.54) is 6.42 Å². The first-order valence-electron chi connectivity index (χ1n) is 9.75. The third-order valence-corrected chi connectivity index (χ3v) is 5.29. The zero-order valence-electron chi connectivity index (χ0n) is 16.4. The molecule has 2 aliphatic heterocycles. The van der Waals surface area contributed by atoms with Gasteiger partial charge in [-0.25, -0.2) is 0 Å². The van der Waals surface area contributed by atoms with Crippen molar-refractivity contribution in [3.8, 4) is 0 Å². The van der Waals surface area contributed by atoms with Gasteiger partial charge in [-0.2, -0.15) is 0 Å². The molecule has 2 aliphatic rings. The van der Waals surface area contributed by atoms with Gasteiger partial charge in [-0.1, -0.05) is 17.3 Å². The van der Waals surface area contributed by atoms with E-state index in [9.17, 15) is 0 Å². The molecule has 0 aromatic heterocycles. The van der Waals surface area contributed by atoms with Crippen LogP contribution in [0, 0.1) is 5.41 Å². The number of nitrogens with zero attached hydrogens (tertiary/aromatic N) is 3. The molecular formula is C20H31N5O2. The molecule has 3 N–H and O–H groups in total. The van der Waals surface area contributed by atoms with E-state index >= 15 is 0 Å². The maximum Gasteiger partial charge on any atom is 0.145 e. The fourth-order valence-electron chi connectivity index (χ4n) is 3.60. The van der Waals surface area contributed by atoms with Crippen LogP contribution in [-0.2, 0) is 9.57 Å². The molecule has 0 radical (unpaired) electrons. The monoisotopic (exact) mass is 373 g/mol. The van der Waals surface area contributed by atoms with E-state index in [1.807, 2.05) is 13.1 Å². The predicted molar refractivity (Wildman–Crippen MR) is 109 cm³/mol. The number of rotatable bonds is 7. The van der Waals surface area contributed by atoms with Gasteiger partial charge < -0.3 is 25.1 Å². The molecule has 1 saturated heterocycles. The van der Waals surface area contributed by atoms with Gasteiger partial charge in [0.05, 0.1) is 12.3 Å². The second-order valence-electron chi connectivity index (χ2n) is 7.25. The van der Waals surface area contributed by atoms with E-state index in [2.05, 4.69) is 27.1 Å². The van der Waals surface area contributed by atoms with Crippen LogP contribution in [0.5, 0.6) is 0 Å². The number of amidine groups is 1. The summed E-state index contributed by atoms with van der Waals surface area (Å²) < 4.78 is 5.24. The number of anilines is 1. The van der Waals surface area contributed by atoms with E-state index < -0.39 is 0 Å². The molecule has 0 amide bonds. The van der Waals surface area contributed by atoms with Gasteiger partial charge in [0.15, 0.2) is 0 Å². The minimum atomic E-state index is -0.0524. The van der Waals surface area contributed by atoms with Crippen LogP contribution >= 0.6 is 0 Å². The topological polar surface area (TPSA) is 87.2 Å². The summed E-state index contributed by atoms with van der Waals surface area (Å²) in [5.74, 6) is 0.604. The van der Waals surface area contributed by atoms with Gasteiger partial charge in [-0.15, -0.1) is 0 Å². The fourth-order valence-corrected chi connectivity index (χ4v) is 3.60. The van der Waals surface area contributed by atoms with E-state index in [-0.39, 0.29) is 6.10 Å². The molecule has 0 saturated carbocycles. The molecule has 0 bridgehead atoms. The van der Waals surface area contributed by atoms with Gasteiger partial charge in [0, 0.05) is 63.6 Å². The Morgan fingerprint density at radius 1 is 1.37 bits per heavy atom. The smallest absolute Gasteiger partial charge is 0.145 e. The summed E-state index contributed by atoms with van der Waals surface area (Å²) in [6, 6.07) is 6.19. The zero-order valence-corrected chi connectivity index (χ0v) is 16.4. The molecule has 7 heteroatoms. The van der Waals surface area contributed by atoms with Gasteiger partial charge in [0.1, 0.15) is 11.9 Å². The first-order chi connectivity index (χ1) is 13.1. The first kappa shape index (κ1) is 19.6. The Kier molecular flexibility index (Phi) is 6.68. The molecule has 0 aliphatic carbocycles. The van der Waals surface area contributed by atoms with Gasteiger partial charge in [-0.05, 0) is 25.3 Å². The van der Waals surface area contributed by atoms with Gasteiger partial charge in [0.25, 0.3) is 0 Å². The van der Waals surface area contributed by atoms with E-state index in [0.717, 1.165) is 55.0 Å². The van der Waals surface area contributed by atoms with Crippen LogP contribution in [0.3, 0.4) is 0 Å². The van der Waals surface area contributed by atoms with Crippen molar-refractivity contribution in [2.75, 3.05) is 51.8 Å². The van der Waals surface area contributed by atoms with Gasteiger partial charge >= 0.3 is 0 Å². The van der Waals surface area contributed by atoms with Crippen LogP contribution in [0.15, 0.2) is 23.4 Å². The van der Waals surface area contributed by atoms with Gasteiger partial charge in [-0.3, -0.25) is 5.41 Å². The highest BCUT2D eigenvalue weighted by Gasteiger charge is 2.25. The Balaban J connectivity index is 1.88. The van der Waals surface area contributed by atoms with Crippen molar-refractivity contribution in [2.45, 2.75) is 31.8 Å². The number of piperidine rings is 1. The largest absolute Gasteiger partial charge is 0.390 e. The summed E-state index contributed by atoms with van der Waals surface area (Å²) in [7, 11) is 3.75. The van der Waals surface area contributed by atoms with Crippen molar-refractivity contribution in [3.05, 3.63) is 29.3 Å². The highest BCUT2D eigenvalue weighted by molar-refractivity contribution is 6.07. The molecule has 1 unspecified atom stereocenters. The summed E-state index contributed by atoms with van der Waals surface area (Å²) in [5, 5.41) is 12.9. The van der Waals surface area contributed by atoms with Crippen LogP contribution in [0.4, 0.5) is 5.69 Å². The maximum atomic E-state index is 8.65. The standard InChI is InChI=1S/C20H31N5O2/c1-24(10-11-26-2)19-12-15(20(22)25-8-4-3-5-9-25)6-7-17(19)18-13-16(14-21)27-23-18/h6-7,12,16,22H,3-5,8-11,13-14,21H2,1-2H3. The Hall–Kier alpha value is -2.12. The molecule has 148 valence electrons. The Bertz CT molecular complexity index is 685. The van der Waals surface area contributed by atoms with E-state index in [1.54, 1.807) is 7.11 Å². The lowest BCUT2D eigenvalue weighted by molar-refractivity contribution is 0.0918. The number of nitrogens with one attached hydrogen (secondary N) is 1. The molecule has 7 nitrogen and oxygen atoms in total. The summed E-state index contributed by atoms with van der Waals surface area (Å²) in [4.78, 5) is 9.76. The van der Waals surface area contributed by atoms with Crippen molar-refractivity contribution >= 4 is 17.2 Å². The molecule has 2 heterocycles. The lowest BCUT2D eigenvalue weighted by atomic mass is 9.99. The normalized spacial score (nSPS) is 19.6. The molecule has 0 spiro atoms.